The Labute approximate surface area is 141 Å². The Bertz CT molecular complexity index is 797. The maximum Gasteiger partial charge on any atom is 0.251 e. The van der Waals surface area contributed by atoms with Crippen molar-refractivity contribution in [3.63, 3.8) is 0 Å². The average Bonchev–Trinajstić information content (AvgIpc) is 3.04. The summed E-state index contributed by atoms with van der Waals surface area (Å²) in [6, 6.07) is 8.31. The second-order valence-corrected chi connectivity index (χ2v) is 6.86. The Kier molecular flexibility index (Phi) is 3.41. The average molecular weight is 327 g/mol. The molecule has 0 aliphatic carbocycles. The molecule has 4 rings (SSSR count). The highest BCUT2D eigenvalue weighted by atomic mass is 32.1. The summed E-state index contributed by atoms with van der Waals surface area (Å²) in [4.78, 5) is 20.3. The van der Waals surface area contributed by atoms with Crippen LogP contribution in [0, 0.1) is 0 Å². The van der Waals surface area contributed by atoms with Gasteiger partial charge in [-0.25, -0.2) is 0 Å². The monoisotopic (exact) mass is 327 g/mol. The van der Waals surface area contributed by atoms with E-state index in [1.165, 1.54) is 16.6 Å². The number of fused-ring (bicyclic) bond motifs is 4. The number of amides is 1. The molecule has 5 heteroatoms. The van der Waals surface area contributed by atoms with E-state index in [1.54, 1.807) is 0 Å². The molecule has 0 radical (unpaired) electrons. The number of carbonyl (C=O) groups is 1. The first-order chi connectivity index (χ1) is 11.1. The predicted octanol–water partition coefficient (Wildman–Crippen LogP) is 3.38. The highest BCUT2D eigenvalue weighted by molar-refractivity contribution is 7.80. The number of hydrogen-bond acceptors (Lipinski definition) is 2. The lowest BCUT2D eigenvalue weighted by Crippen LogP contribution is -2.42. The van der Waals surface area contributed by atoms with Gasteiger partial charge in [-0.2, -0.15) is 0 Å². The molecule has 23 heavy (non-hydrogen) atoms. The normalized spacial score (nSPS) is 23.6. The van der Waals surface area contributed by atoms with E-state index in [1.807, 2.05) is 11.0 Å². The second-order valence-electron chi connectivity index (χ2n) is 6.49. The van der Waals surface area contributed by atoms with Crippen LogP contribution in [0.25, 0.3) is 10.9 Å². The van der Waals surface area contributed by atoms with Crippen molar-refractivity contribution in [3.8, 4) is 0 Å². The molecule has 4 nitrogen and oxygen atoms in total. The van der Waals surface area contributed by atoms with E-state index < -0.39 is 0 Å². The number of H-pyrrole nitrogens is 1. The number of aromatic nitrogens is 1. The maximum atomic E-state index is 12.9. The second kappa shape index (κ2) is 5.34. The number of nitrogens with one attached hydrogen (secondary N) is 1. The molecule has 2 aromatic rings. The smallest absolute Gasteiger partial charge is 0.251 e. The molecule has 1 aromatic carbocycles. The van der Waals surface area contributed by atoms with Gasteiger partial charge in [-0.3, -0.25) is 9.69 Å². The number of para-hydroxylation sites is 1. The van der Waals surface area contributed by atoms with Crippen LogP contribution in [0.4, 0.5) is 0 Å². The molecule has 0 bridgehead atoms. The van der Waals surface area contributed by atoms with Gasteiger partial charge in [0.15, 0.2) is 5.11 Å². The van der Waals surface area contributed by atoms with Crippen molar-refractivity contribution in [1.82, 2.24) is 14.8 Å². The Hall–Kier alpha value is -1.88. The molecule has 1 amide bonds. The Morgan fingerprint density at radius 3 is 2.91 bits per heavy atom. The van der Waals surface area contributed by atoms with E-state index >= 15 is 0 Å². The lowest BCUT2D eigenvalue weighted by molar-refractivity contribution is -0.128. The van der Waals surface area contributed by atoms with Crippen LogP contribution in [0.15, 0.2) is 24.3 Å². The zero-order valence-electron chi connectivity index (χ0n) is 13.5. The quantitative estimate of drug-likeness (QED) is 0.879. The molecule has 1 aromatic heterocycles. The summed E-state index contributed by atoms with van der Waals surface area (Å²) >= 11 is 5.63. The summed E-state index contributed by atoms with van der Waals surface area (Å²) < 4.78 is 0. The standard InChI is InChI=1S/C18H21N3OS/c1-3-4-9-20-17(22)15-10-13-12-7-5-6-8-14(12)19-16(13)11(2)21(15)18(20)23/h5-8,11,15,19H,3-4,9-10H2,1-2H3/t11-,15+/m0/s1. The molecular weight excluding hydrogens is 306 g/mol. The molecular formula is C18H21N3OS. The van der Waals surface area contributed by atoms with Crippen molar-refractivity contribution in [2.75, 3.05) is 6.54 Å². The molecule has 2 aliphatic heterocycles. The Morgan fingerprint density at radius 2 is 2.13 bits per heavy atom. The number of benzene rings is 1. The number of carbonyl (C=O) groups excluding carboxylic acids is 1. The summed E-state index contributed by atoms with van der Waals surface area (Å²) in [6.45, 7) is 5.02. The number of hydrogen-bond donors (Lipinski definition) is 1. The van der Waals surface area contributed by atoms with Gasteiger partial charge in [0.25, 0.3) is 5.91 Å². The fourth-order valence-corrected chi connectivity index (χ4v) is 4.41. The van der Waals surface area contributed by atoms with Gasteiger partial charge in [0.05, 0.1) is 6.04 Å². The molecule has 2 aliphatic rings. The van der Waals surface area contributed by atoms with Gasteiger partial charge in [0.2, 0.25) is 0 Å². The van der Waals surface area contributed by atoms with Crippen LogP contribution in [0.3, 0.4) is 0 Å². The van der Waals surface area contributed by atoms with Crippen LogP contribution in [0.5, 0.6) is 0 Å². The molecule has 0 spiro atoms. The van der Waals surface area contributed by atoms with Crippen LogP contribution in [-0.2, 0) is 11.2 Å². The zero-order valence-corrected chi connectivity index (χ0v) is 14.3. The van der Waals surface area contributed by atoms with E-state index in [0.717, 1.165) is 31.3 Å². The minimum Gasteiger partial charge on any atom is -0.356 e. The van der Waals surface area contributed by atoms with E-state index in [-0.39, 0.29) is 18.0 Å². The predicted molar refractivity (Wildman–Crippen MR) is 95.3 cm³/mol. The lowest BCUT2D eigenvalue weighted by Gasteiger charge is -2.35. The lowest BCUT2D eigenvalue weighted by atomic mass is 9.93. The highest BCUT2D eigenvalue weighted by Crippen LogP contribution is 2.40. The van der Waals surface area contributed by atoms with Gasteiger partial charge in [-0.15, -0.1) is 0 Å². The maximum absolute atomic E-state index is 12.9. The minimum absolute atomic E-state index is 0.110. The van der Waals surface area contributed by atoms with E-state index in [2.05, 4.69) is 41.9 Å². The first-order valence-electron chi connectivity index (χ1n) is 8.36. The van der Waals surface area contributed by atoms with Crippen LogP contribution in [-0.4, -0.2) is 38.4 Å². The number of rotatable bonds is 3. The summed E-state index contributed by atoms with van der Waals surface area (Å²) in [5.74, 6) is 0.172. The van der Waals surface area contributed by atoms with Crippen molar-refractivity contribution in [1.29, 1.82) is 0 Å². The van der Waals surface area contributed by atoms with Crippen LogP contribution in [0.2, 0.25) is 0 Å². The van der Waals surface area contributed by atoms with Gasteiger partial charge in [-0.1, -0.05) is 31.5 Å². The molecule has 3 heterocycles. The summed E-state index contributed by atoms with van der Waals surface area (Å²) in [6.07, 6.45) is 2.80. The largest absolute Gasteiger partial charge is 0.356 e. The third-order valence-electron chi connectivity index (χ3n) is 5.15. The van der Waals surface area contributed by atoms with Crippen LogP contribution >= 0.6 is 12.2 Å². The van der Waals surface area contributed by atoms with Crippen molar-refractivity contribution in [3.05, 3.63) is 35.5 Å². The zero-order chi connectivity index (χ0) is 16.1. The summed E-state index contributed by atoms with van der Waals surface area (Å²) in [5, 5.41) is 1.94. The molecule has 1 saturated heterocycles. The SMILES string of the molecule is CCCCN1C(=O)[C@H]2Cc3c([nH]c4ccccc34)[C@H](C)N2C1=S. The highest BCUT2D eigenvalue weighted by Gasteiger charge is 2.48. The third-order valence-corrected chi connectivity index (χ3v) is 5.58. The third kappa shape index (κ3) is 2.02. The van der Waals surface area contributed by atoms with E-state index in [4.69, 9.17) is 12.2 Å². The van der Waals surface area contributed by atoms with Gasteiger partial charge in [0.1, 0.15) is 6.04 Å². The fourth-order valence-electron chi connectivity index (χ4n) is 3.94. The van der Waals surface area contributed by atoms with Crippen LogP contribution in [0.1, 0.15) is 44.0 Å². The van der Waals surface area contributed by atoms with Gasteiger partial charge >= 0.3 is 0 Å². The number of thiocarbonyl (C=S) groups is 1. The van der Waals surface area contributed by atoms with Crippen molar-refractivity contribution in [2.24, 2.45) is 0 Å². The van der Waals surface area contributed by atoms with Gasteiger partial charge < -0.3 is 9.88 Å². The van der Waals surface area contributed by atoms with E-state index in [9.17, 15) is 4.79 Å². The van der Waals surface area contributed by atoms with Crippen molar-refractivity contribution in [2.45, 2.75) is 45.2 Å². The molecule has 0 saturated carbocycles. The summed E-state index contributed by atoms with van der Waals surface area (Å²) in [5.41, 5.74) is 3.63. The van der Waals surface area contributed by atoms with Crippen LogP contribution < -0.4 is 0 Å². The van der Waals surface area contributed by atoms with Crippen molar-refractivity contribution < 1.29 is 4.79 Å². The molecule has 1 N–H and O–H groups in total. The fraction of sp³-hybridized carbons (Fsp3) is 0.444. The topological polar surface area (TPSA) is 39.3 Å². The number of aromatic amines is 1. The summed E-state index contributed by atoms with van der Waals surface area (Å²) in [7, 11) is 0. The molecule has 2 atom stereocenters. The van der Waals surface area contributed by atoms with E-state index in [0.29, 0.717) is 5.11 Å². The Morgan fingerprint density at radius 1 is 1.35 bits per heavy atom. The molecule has 1 fully saturated rings. The molecule has 0 unspecified atom stereocenters. The van der Waals surface area contributed by atoms with Gasteiger partial charge in [-0.05, 0) is 37.2 Å². The first kappa shape index (κ1) is 14.7. The number of nitrogens with zero attached hydrogens (tertiary/aromatic N) is 2. The first-order valence-corrected chi connectivity index (χ1v) is 8.77. The molecule has 120 valence electrons. The Balaban J connectivity index is 1.75. The van der Waals surface area contributed by atoms with Gasteiger partial charge in [0, 0.05) is 29.6 Å². The minimum atomic E-state index is -0.138. The number of unbranched alkanes of at least 4 members (excludes halogenated alkanes) is 1. The van der Waals surface area contributed by atoms with Crippen molar-refractivity contribution >= 4 is 34.1 Å².